The largest absolute Gasteiger partial charge is 0.486 e. The van der Waals surface area contributed by atoms with Gasteiger partial charge in [0, 0.05) is 18.3 Å². The molecular weight excluding hydrogens is 368 g/mol. The van der Waals surface area contributed by atoms with Crippen LogP contribution in [0.4, 0.5) is 11.4 Å². The molecule has 2 aliphatic rings. The van der Waals surface area contributed by atoms with Gasteiger partial charge in [0.2, 0.25) is 11.8 Å². The number of carbonyl (C=O) groups excluding carboxylic acids is 2. The van der Waals surface area contributed by atoms with Gasteiger partial charge in [-0.1, -0.05) is 18.9 Å². The van der Waals surface area contributed by atoms with E-state index in [1.165, 1.54) is 6.92 Å². The lowest BCUT2D eigenvalue weighted by atomic mass is 9.84. The molecule has 0 spiro atoms. The molecule has 1 saturated carbocycles. The van der Waals surface area contributed by atoms with Crippen molar-refractivity contribution in [3.63, 3.8) is 0 Å². The average molecular weight is 394 g/mol. The summed E-state index contributed by atoms with van der Waals surface area (Å²) in [5.41, 5.74) is 2.38. The van der Waals surface area contributed by atoms with Gasteiger partial charge in [-0.05, 0) is 60.7 Å². The first-order valence-corrected chi connectivity index (χ1v) is 10.2. The predicted octanol–water partition coefficient (Wildman–Crippen LogP) is 4.33. The number of anilines is 2. The van der Waals surface area contributed by atoms with E-state index in [-0.39, 0.29) is 17.7 Å². The van der Waals surface area contributed by atoms with Gasteiger partial charge in [-0.3, -0.25) is 9.59 Å². The SMILES string of the molecule is CC(=O)Nc1ccc(NC(=O)C(c2ccc3c(c2)OCCO3)C2CCCC2)cc1. The van der Waals surface area contributed by atoms with Crippen LogP contribution in [0.15, 0.2) is 42.5 Å². The summed E-state index contributed by atoms with van der Waals surface area (Å²) in [6.07, 6.45) is 4.41. The fourth-order valence-electron chi connectivity index (χ4n) is 4.24. The van der Waals surface area contributed by atoms with Gasteiger partial charge in [-0.15, -0.1) is 0 Å². The van der Waals surface area contributed by atoms with E-state index in [1.807, 2.05) is 18.2 Å². The van der Waals surface area contributed by atoms with Gasteiger partial charge in [-0.2, -0.15) is 0 Å². The minimum absolute atomic E-state index is 0.0131. The van der Waals surface area contributed by atoms with Crippen molar-refractivity contribution in [2.24, 2.45) is 5.92 Å². The van der Waals surface area contributed by atoms with Crippen LogP contribution in [0.3, 0.4) is 0 Å². The summed E-state index contributed by atoms with van der Waals surface area (Å²) in [5.74, 6) is 1.39. The molecule has 1 aliphatic heterocycles. The van der Waals surface area contributed by atoms with E-state index in [1.54, 1.807) is 24.3 Å². The maximum absolute atomic E-state index is 13.3. The summed E-state index contributed by atoms with van der Waals surface area (Å²) >= 11 is 0. The fourth-order valence-corrected chi connectivity index (χ4v) is 4.24. The normalized spacial score (nSPS) is 16.9. The molecule has 1 aliphatic carbocycles. The number of hydrogen-bond donors (Lipinski definition) is 2. The highest BCUT2D eigenvalue weighted by Gasteiger charge is 2.33. The van der Waals surface area contributed by atoms with Crippen LogP contribution >= 0.6 is 0 Å². The molecule has 1 heterocycles. The topological polar surface area (TPSA) is 76.7 Å². The van der Waals surface area contributed by atoms with Crippen LogP contribution in [0.5, 0.6) is 11.5 Å². The first kappa shape index (κ1) is 19.3. The van der Waals surface area contributed by atoms with Gasteiger partial charge in [0.15, 0.2) is 11.5 Å². The van der Waals surface area contributed by atoms with Crippen molar-refractivity contribution < 1.29 is 19.1 Å². The number of nitrogens with one attached hydrogen (secondary N) is 2. The number of carbonyl (C=O) groups is 2. The molecule has 29 heavy (non-hydrogen) atoms. The molecule has 0 radical (unpaired) electrons. The molecule has 2 aromatic rings. The van der Waals surface area contributed by atoms with Crippen LogP contribution in [0.25, 0.3) is 0 Å². The number of rotatable bonds is 5. The molecule has 6 nitrogen and oxygen atoms in total. The molecule has 2 aromatic carbocycles. The summed E-state index contributed by atoms with van der Waals surface area (Å²) in [6, 6.07) is 13.0. The van der Waals surface area contributed by atoms with Crippen LogP contribution in [-0.4, -0.2) is 25.0 Å². The van der Waals surface area contributed by atoms with E-state index in [9.17, 15) is 9.59 Å². The van der Waals surface area contributed by atoms with Crippen molar-refractivity contribution in [1.82, 2.24) is 0 Å². The lowest BCUT2D eigenvalue weighted by Gasteiger charge is -2.25. The Morgan fingerprint density at radius 3 is 2.17 bits per heavy atom. The van der Waals surface area contributed by atoms with E-state index < -0.39 is 0 Å². The first-order chi connectivity index (χ1) is 14.1. The van der Waals surface area contributed by atoms with Crippen LogP contribution in [0, 0.1) is 5.92 Å². The van der Waals surface area contributed by atoms with Gasteiger partial charge in [0.1, 0.15) is 13.2 Å². The number of hydrogen-bond acceptors (Lipinski definition) is 4. The van der Waals surface area contributed by atoms with Crippen molar-refractivity contribution in [2.75, 3.05) is 23.8 Å². The lowest BCUT2D eigenvalue weighted by molar-refractivity contribution is -0.118. The third kappa shape index (κ3) is 4.53. The molecule has 6 heteroatoms. The Balaban J connectivity index is 1.55. The van der Waals surface area contributed by atoms with Gasteiger partial charge in [-0.25, -0.2) is 0 Å². The maximum atomic E-state index is 13.3. The fraction of sp³-hybridized carbons (Fsp3) is 0.391. The Morgan fingerprint density at radius 2 is 1.52 bits per heavy atom. The highest BCUT2D eigenvalue weighted by atomic mass is 16.6. The van der Waals surface area contributed by atoms with Crippen molar-refractivity contribution in [3.8, 4) is 11.5 Å². The molecule has 0 saturated heterocycles. The summed E-state index contributed by atoms with van der Waals surface area (Å²) in [7, 11) is 0. The van der Waals surface area contributed by atoms with Crippen molar-refractivity contribution in [2.45, 2.75) is 38.5 Å². The third-order valence-electron chi connectivity index (χ3n) is 5.55. The molecule has 152 valence electrons. The van der Waals surface area contributed by atoms with Crippen LogP contribution in [-0.2, 0) is 9.59 Å². The second-order valence-corrected chi connectivity index (χ2v) is 7.67. The number of amides is 2. The van der Waals surface area contributed by atoms with E-state index >= 15 is 0 Å². The summed E-state index contributed by atoms with van der Waals surface area (Å²) in [4.78, 5) is 24.4. The molecule has 1 fully saturated rings. The first-order valence-electron chi connectivity index (χ1n) is 10.2. The monoisotopic (exact) mass is 394 g/mol. The second kappa shape index (κ2) is 8.55. The second-order valence-electron chi connectivity index (χ2n) is 7.67. The van der Waals surface area contributed by atoms with E-state index in [2.05, 4.69) is 10.6 Å². The molecule has 0 bridgehead atoms. The molecular formula is C23H26N2O4. The Kier molecular flexibility index (Phi) is 5.69. The Labute approximate surface area is 170 Å². The van der Waals surface area contributed by atoms with Crippen molar-refractivity contribution in [1.29, 1.82) is 0 Å². The van der Waals surface area contributed by atoms with Crippen molar-refractivity contribution in [3.05, 3.63) is 48.0 Å². The van der Waals surface area contributed by atoms with Crippen molar-refractivity contribution >= 4 is 23.2 Å². The van der Waals surface area contributed by atoms with Gasteiger partial charge in [0.25, 0.3) is 0 Å². The van der Waals surface area contributed by atoms with Crippen LogP contribution in [0.1, 0.15) is 44.1 Å². The molecule has 2 amide bonds. The molecule has 1 unspecified atom stereocenters. The molecule has 0 aromatic heterocycles. The quantitative estimate of drug-likeness (QED) is 0.791. The minimum Gasteiger partial charge on any atom is -0.486 e. The molecule has 4 rings (SSSR count). The molecule has 2 N–H and O–H groups in total. The maximum Gasteiger partial charge on any atom is 0.232 e. The van der Waals surface area contributed by atoms with Gasteiger partial charge in [0.05, 0.1) is 5.92 Å². The smallest absolute Gasteiger partial charge is 0.232 e. The summed E-state index contributed by atoms with van der Waals surface area (Å²) in [6.45, 7) is 2.54. The predicted molar refractivity (Wildman–Crippen MR) is 112 cm³/mol. The Bertz CT molecular complexity index is 888. The third-order valence-corrected chi connectivity index (χ3v) is 5.55. The van der Waals surface area contributed by atoms with E-state index in [0.717, 1.165) is 37.0 Å². The number of ether oxygens (including phenoxy) is 2. The summed E-state index contributed by atoms with van der Waals surface area (Å²) in [5, 5.41) is 5.78. The minimum atomic E-state index is -0.233. The van der Waals surface area contributed by atoms with Gasteiger partial charge < -0.3 is 20.1 Å². The Morgan fingerprint density at radius 1 is 0.897 bits per heavy atom. The number of benzene rings is 2. The number of fused-ring (bicyclic) bond motifs is 1. The molecule has 1 atom stereocenters. The highest BCUT2D eigenvalue weighted by molar-refractivity contribution is 5.96. The zero-order chi connectivity index (χ0) is 20.2. The standard InChI is InChI=1S/C23H26N2O4/c1-15(26)24-18-7-9-19(10-8-18)25-23(27)22(16-4-2-3-5-16)17-6-11-20-21(14-17)29-13-12-28-20/h6-11,14,16,22H,2-5,12-13H2,1H3,(H,24,26)(H,25,27). The lowest BCUT2D eigenvalue weighted by Crippen LogP contribution is -2.27. The van der Waals surface area contributed by atoms with E-state index in [0.29, 0.717) is 36.3 Å². The zero-order valence-corrected chi connectivity index (χ0v) is 16.6. The van der Waals surface area contributed by atoms with E-state index in [4.69, 9.17) is 9.47 Å². The summed E-state index contributed by atoms with van der Waals surface area (Å²) < 4.78 is 11.4. The average Bonchev–Trinajstić information content (AvgIpc) is 3.23. The van der Waals surface area contributed by atoms with Gasteiger partial charge >= 0.3 is 0 Å². The Hall–Kier alpha value is -3.02. The van der Waals surface area contributed by atoms with Crippen LogP contribution in [0.2, 0.25) is 0 Å². The highest BCUT2D eigenvalue weighted by Crippen LogP contribution is 2.41. The zero-order valence-electron chi connectivity index (χ0n) is 16.6. The van der Waals surface area contributed by atoms with Crippen LogP contribution < -0.4 is 20.1 Å².